The van der Waals surface area contributed by atoms with E-state index in [1.54, 1.807) is 0 Å². The first kappa shape index (κ1) is 18.6. The fraction of sp³-hybridized carbons (Fsp3) is 0.562. The lowest BCUT2D eigenvalue weighted by Gasteiger charge is -2.25. The Morgan fingerprint density at radius 2 is 2.05 bits per heavy atom. The van der Waals surface area contributed by atoms with Crippen molar-refractivity contribution in [1.82, 2.24) is 9.62 Å². The van der Waals surface area contributed by atoms with E-state index >= 15 is 0 Å². The van der Waals surface area contributed by atoms with E-state index in [1.165, 1.54) is 10.6 Å². The second kappa shape index (κ2) is 8.29. The van der Waals surface area contributed by atoms with Gasteiger partial charge in [0.05, 0.1) is 12.7 Å². The number of nitrogens with one attached hydrogen (secondary N) is 1. The Balaban J connectivity index is 2.50. The molecule has 0 spiro atoms. The van der Waals surface area contributed by atoms with Crippen molar-refractivity contribution in [2.75, 3.05) is 19.3 Å². The molecule has 0 aliphatic heterocycles. The van der Waals surface area contributed by atoms with Gasteiger partial charge in [-0.05, 0) is 25.8 Å². The molecule has 0 aliphatic rings. The molecular formula is C16H26N2O3S. The third-order valence-electron chi connectivity index (χ3n) is 3.61. The summed E-state index contributed by atoms with van der Waals surface area (Å²) in [5.74, 6) is -0.0943. The highest BCUT2D eigenvalue weighted by Gasteiger charge is 2.21. The summed E-state index contributed by atoms with van der Waals surface area (Å²) in [5.41, 5.74) is 2.07. The Morgan fingerprint density at radius 3 is 2.59 bits per heavy atom. The van der Waals surface area contributed by atoms with Crippen molar-refractivity contribution in [2.24, 2.45) is 0 Å². The minimum atomic E-state index is -3.26. The summed E-state index contributed by atoms with van der Waals surface area (Å²) < 4.78 is 24.9. The summed E-state index contributed by atoms with van der Waals surface area (Å²) in [5, 5.41) is 2.79. The molecule has 0 aromatic heterocycles. The number of carbonyl (C=O) groups excluding carboxylic acids is 1. The normalized spacial score (nSPS) is 13.1. The van der Waals surface area contributed by atoms with Gasteiger partial charge in [-0.2, -0.15) is 4.31 Å². The lowest BCUT2D eigenvalue weighted by molar-refractivity contribution is -0.120. The second-order valence-corrected chi connectivity index (χ2v) is 7.58. The van der Waals surface area contributed by atoms with Gasteiger partial charge in [0.2, 0.25) is 15.9 Å². The monoisotopic (exact) mass is 326 g/mol. The fourth-order valence-electron chi connectivity index (χ4n) is 2.29. The Labute approximate surface area is 133 Å². The predicted molar refractivity (Wildman–Crippen MR) is 89.2 cm³/mol. The average molecular weight is 326 g/mol. The third-order valence-corrected chi connectivity index (χ3v) is 5.00. The quantitative estimate of drug-likeness (QED) is 0.791. The third kappa shape index (κ3) is 6.15. The zero-order valence-corrected chi connectivity index (χ0v) is 14.6. The molecule has 0 fully saturated rings. The van der Waals surface area contributed by atoms with Gasteiger partial charge in [0, 0.05) is 19.1 Å². The van der Waals surface area contributed by atoms with E-state index in [0.717, 1.165) is 17.5 Å². The van der Waals surface area contributed by atoms with Crippen LogP contribution in [0.25, 0.3) is 0 Å². The summed E-state index contributed by atoms with van der Waals surface area (Å²) >= 11 is 0. The Kier molecular flexibility index (Phi) is 7.03. The molecule has 5 nitrogen and oxygen atoms in total. The zero-order chi connectivity index (χ0) is 16.8. The maximum absolute atomic E-state index is 11.9. The standard InChI is InChI=1S/C16H26N2O3S/c1-5-14(3)18(22(4,20)21)10-9-17-16(19)12-15-8-6-7-13(2)11-15/h6-8,11,14H,5,9-10,12H2,1-4H3,(H,17,19). The van der Waals surface area contributed by atoms with Crippen molar-refractivity contribution in [3.05, 3.63) is 35.4 Å². The summed E-state index contributed by atoms with van der Waals surface area (Å²) in [6.07, 6.45) is 2.25. The highest BCUT2D eigenvalue weighted by Crippen LogP contribution is 2.08. The molecule has 1 N–H and O–H groups in total. The summed E-state index contributed by atoms with van der Waals surface area (Å²) in [6.45, 7) is 6.42. The fourth-order valence-corrected chi connectivity index (χ4v) is 3.52. The highest BCUT2D eigenvalue weighted by molar-refractivity contribution is 7.88. The average Bonchev–Trinajstić information content (AvgIpc) is 2.41. The molecule has 0 saturated carbocycles. The molecule has 22 heavy (non-hydrogen) atoms. The van der Waals surface area contributed by atoms with Gasteiger partial charge in [-0.1, -0.05) is 36.8 Å². The highest BCUT2D eigenvalue weighted by atomic mass is 32.2. The number of rotatable bonds is 8. The van der Waals surface area contributed by atoms with E-state index in [4.69, 9.17) is 0 Å². The van der Waals surface area contributed by atoms with Gasteiger partial charge in [-0.25, -0.2) is 8.42 Å². The predicted octanol–water partition coefficient (Wildman–Crippen LogP) is 1.71. The van der Waals surface area contributed by atoms with Crippen LogP contribution in [0.3, 0.4) is 0 Å². The van der Waals surface area contributed by atoms with E-state index in [1.807, 2.05) is 45.0 Å². The maximum Gasteiger partial charge on any atom is 0.224 e. The second-order valence-electron chi connectivity index (χ2n) is 5.65. The first-order valence-corrected chi connectivity index (χ1v) is 9.38. The van der Waals surface area contributed by atoms with Crippen molar-refractivity contribution in [3.63, 3.8) is 0 Å². The van der Waals surface area contributed by atoms with Gasteiger partial charge in [0.15, 0.2) is 0 Å². The summed E-state index contributed by atoms with van der Waals surface area (Å²) in [6, 6.07) is 7.73. The molecular weight excluding hydrogens is 300 g/mol. The minimum absolute atomic E-state index is 0.0660. The Bertz CT molecular complexity index is 599. The van der Waals surface area contributed by atoms with E-state index < -0.39 is 10.0 Å². The van der Waals surface area contributed by atoms with Crippen LogP contribution in [0, 0.1) is 6.92 Å². The van der Waals surface area contributed by atoms with Crippen molar-refractivity contribution in [3.8, 4) is 0 Å². The first-order valence-electron chi connectivity index (χ1n) is 7.53. The lowest BCUT2D eigenvalue weighted by atomic mass is 10.1. The van der Waals surface area contributed by atoms with Crippen LogP contribution in [0.15, 0.2) is 24.3 Å². The number of nitrogens with zero attached hydrogens (tertiary/aromatic N) is 1. The van der Waals surface area contributed by atoms with Crippen LogP contribution in [0.2, 0.25) is 0 Å². The van der Waals surface area contributed by atoms with E-state index in [9.17, 15) is 13.2 Å². The number of sulfonamides is 1. The number of benzene rings is 1. The minimum Gasteiger partial charge on any atom is -0.354 e. The van der Waals surface area contributed by atoms with Gasteiger partial charge < -0.3 is 5.32 Å². The van der Waals surface area contributed by atoms with Gasteiger partial charge in [0.1, 0.15) is 0 Å². The molecule has 1 aromatic rings. The molecule has 124 valence electrons. The Hall–Kier alpha value is -1.40. The molecule has 6 heteroatoms. The van der Waals surface area contributed by atoms with Gasteiger partial charge >= 0.3 is 0 Å². The molecule has 1 rings (SSSR count). The van der Waals surface area contributed by atoms with E-state index in [-0.39, 0.29) is 11.9 Å². The van der Waals surface area contributed by atoms with E-state index in [2.05, 4.69) is 5.32 Å². The lowest BCUT2D eigenvalue weighted by Crippen LogP contribution is -2.43. The van der Waals surface area contributed by atoms with Crippen LogP contribution in [0.1, 0.15) is 31.4 Å². The van der Waals surface area contributed by atoms with Crippen molar-refractivity contribution >= 4 is 15.9 Å². The maximum atomic E-state index is 11.9. The largest absolute Gasteiger partial charge is 0.354 e. The van der Waals surface area contributed by atoms with Crippen LogP contribution in [0.5, 0.6) is 0 Å². The van der Waals surface area contributed by atoms with Crippen LogP contribution >= 0.6 is 0 Å². The molecule has 0 saturated heterocycles. The summed E-state index contributed by atoms with van der Waals surface area (Å²) in [4.78, 5) is 11.9. The number of hydrogen-bond donors (Lipinski definition) is 1. The molecule has 1 unspecified atom stereocenters. The van der Waals surface area contributed by atoms with Crippen molar-refractivity contribution < 1.29 is 13.2 Å². The first-order chi connectivity index (χ1) is 10.2. The number of aryl methyl sites for hydroxylation is 1. The van der Waals surface area contributed by atoms with Crippen LogP contribution < -0.4 is 5.32 Å². The number of carbonyl (C=O) groups is 1. The molecule has 1 amide bonds. The molecule has 0 aliphatic carbocycles. The van der Waals surface area contributed by atoms with Crippen LogP contribution in [-0.4, -0.2) is 44.0 Å². The van der Waals surface area contributed by atoms with Crippen LogP contribution in [-0.2, 0) is 21.2 Å². The summed E-state index contributed by atoms with van der Waals surface area (Å²) in [7, 11) is -3.26. The smallest absolute Gasteiger partial charge is 0.224 e. The van der Waals surface area contributed by atoms with Crippen LogP contribution in [0.4, 0.5) is 0 Å². The molecule has 0 radical (unpaired) electrons. The molecule has 0 heterocycles. The molecule has 0 bridgehead atoms. The SMILES string of the molecule is CCC(C)N(CCNC(=O)Cc1cccc(C)c1)S(C)(=O)=O. The van der Waals surface area contributed by atoms with Crippen molar-refractivity contribution in [1.29, 1.82) is 0 Å². The van der Waals surface area contributed by atoms with Gasteiger partial charge in [-0.3, -0.25) is 4.79 Å². The van der Waals surface area contributed by atoms with E-state index in [0.29, 0.717) is 19.5 Å². The van der Waals surface area contributed by atoms with Gasteiger partial charge in [-0.15, -0.1) is 0 Å². The zero-order valence-electron chi connectivity index (χ0n) is 13.8. The Morgan fingerprint density at radius 1 is 1.36 bits per heavy atom. The molecule has 1 atom stereocenters. The molecule has 1 aromatic carbocycles. The number of amides is 1. The topological polar surface area (TPSA) is 66.5 Å². The van der Waals surface area contributed by atoms with Gasteiger partial charge in [0.25, 0.3) is 0 Å². The number of hydrogen-bond acceptors (Lipinski definition) is 3. The van der Waals surface area contributed by atoms with Crippen molar-refractivity contribution in [2.45, 2.75) is 39.7 Å².